The van der Waals surface area contributed by atoms with E-state index in [4.69, 9.17) is 17.3 Å². The molecule has 0 heterocycles. The summed E-state index contributed by atoms with van der Waals surface area (Å²) in [6.45, 7) is 3.87. The molecule has 1 fully saturated rings. The molecule has 1 amide bonds. The second kappa shape index (κ2) is 7.09. The molecule has 0 aromatic rings. The van der Waals surface area contributed by atoms with Gasteiger partial charge in [0, 0.05) is 17.0 Å². The predicted molar refractivity (Wildman–Crippen MR) is 65.2 cm³/mol. The number of halogens is 2. The standard InChI is InChI=1S/C10H17ClN2O.ClH/c1-7(11)6-13-10(14)8-3-2-4-9(12)5-8;/h8-9H,1-6,12H2,(H,13,14);1H. The number of hydrogen-bond acceptors (Lipinski definition) is 2. The van der Waals surface area contributed by atoms with E-state index in [0.29, 0.717) is 11.6 Å². The summed E-state index contributed by atoms with van der Waals surface area (Å²) in [6.07, 6.45) is 3.81. The molecule has 88 valence electrons. The van der Waals surface area contributed by atoms with Gasteiger partial charge in [-0.1, -0.05) is 24.6 Å². The Morgan fingerprint density at radius 1 is 1.53 bits per heavy atom. The molecule has 1 aliphatic carbocycles. The summed E-state index contributed by atoms with van der Waals surface area (Å²) in [6, 6.07) is 0.179. The van der Waals surface area contributed by atoms with Gasteiger partial charge >= 0.3 is 0 Å². The van der Waals surface area contributed by atoms with Crippen LogP contribution in [0.15, 0.2) is 11.6 Å². The predicted octanol–water partition coefficient (Wildman–Crippen LogP) is 1.79. The second-order valence-corrected chi connectivity index (χ2v) is 4.39. The molecule has 0 radical (unpaired) electrons. The van der Waals surface area contributed by atoms with Gasteiger partial charge in [-0.3, -0.25) is 4.79 Å². The van der Waals surface area contributed by atoms with Crippen LogP contribution in [0, 0.1) is 5.92 Å². The molecule has 0 bridgehead atoms. The Labute approximate surface area is 102 Å². The van der Waals surface area contributed by atoms with E-state index in [9.17, 15) is 4.79 Å². The van der Waals surface area contributed by atoms with E-state index < -0.39 is 0 Å². The van der Waals surface area contributed by atoms with Crippen molar-refractivity contribution in [2.45, 2.75) is 31.7 Å². The van der Waals surface area contributed by atoms with E-state index in [-0.39, 0.29) is 30.3 Å². The van der Waals surface area contributed by atoms with E-state index in [0.717, 1.165) is 25.7 Å². The van der Waals surface area contributed by atoms with E-state index in [2.05, 4.69) is 11.9 Å². The summed E-state index contributed by atoms with van der Waals surface area (Å²) in [4.78, 5) is 11.6. The number of nitrogens with two attached hydrogens (primary N) is 1. The highest BCUT2D eigenvalue weighted by atomic mass is 35.5. The molecule has 1 rings (SSSR count). The average molecular weight is 253 g/mol. The molecule has 5 heteroatoms. The van der Waals surface area contributed by atoms with Gasteiger partial charge in [0.2, 0.25) is 5.91 Å². The lowest BCUT2D eigenvalue weighted by Gasteiger charge is -2.25. The van der Waals surface area contributed by atoms with Crippen LogP contribution in [-0.2, 0) is 4.79 Å². The van der Waals surface area contributed by atoms with Gasteiger partial charge in [0.25, 0.3) is 0 Å². The van der Waals surface area contributed by atoms with E-state index in [1.165, 1.54) is 0 Å². The largest absolute Gasteiger partial charge is 0.351 e. The normalized spacial score (nSPS) is 25.2. The van der Waals surface area contributed by atoms with E-state index in [1.54, 1.807) is 0 Å². The molecule has 1 aliphatic rings. The monoisotopic (exact) mass is 252 g/mol. The molecule has 2 atom stereocenters. The zero-order valence-corrected chi connectivity index (χ0v) is 10.2. The maximum atomic E-state index is 11.6. The minimum absolute atomic E-state index is 0. The van der Waals surface area contributed by atoms with Gasteiger partial charge in [-0.2, -0.15) is 0 Å². The number of carbonyl (C=O) groups excluding carboxylic acids is 1. The molecule has 0 spiro atoms. The zero-order valence-electron chi connectivity index (χ0n) is 8.67. The molecular weight excluding hydrogens is 235 g/mol. The summed E-state index contributed by atoms with van der Waals surface area (Å²) in [5, 5.41) is 3.20. The Bertz CT molecular complexity index is 233. The molecule has 0 saturated heterocycles. The lowest BCUT2D eigenvalue weighted by Crippen LogP contribution is -2.38. The number of carbonyl (C=O) groups is 1. The molecule has 1 saturated carbocycles. The fourth-order valence-corrected chi connectivity index (χ4v) is 1.86. The molecule has 0 aromatic heterocycles. The third kappa shape index (κ3) is 5.40. The van der Waals surface area contributed by atoms with Crippen LogP contribution in [0.4, 0.5) is 0 Å². The number of nitrogens with one attached hydrogen (secondary N) is 1. The highest BCUT2D eigenvalue weighted by Crippen LogP contribution is 2.23. The minimum Gasteiger partial charge on any atom is -0.351 e. The van der Waals surface area contributed by atoms with Gasteiger partial charge in [-0.05, 0) is 19.3 Å². The highest BCUT2D eigenvalue weighted by Gasteiger charge is 2.24. The molecule has 0 aromatic carbocycles. The summed E-state index contributed by atoms with van der Waals surface area (Å²) >= 11 is 5.56. The first kappa shape index (κ1) is 14.8. The van der Waals surface area contributed by atoms with Crippen molar-refractivity contribution in [2.24, 2.45) is 11.7 Å². The van der Waals surface area contributed by atoms with Gasteiger partial charge in [0.15, 0.2) is 0 Å². The summed E-state index contributed by atoms with van der Waals surface area (Å²) in [7, 11) is 0. The van der Waals surface area contributed by atoms with Crippen molar-refractivity contribution in [3.8, 4) is 0 Å². The molecule has 2 unspecified atom stereocenters. The van der Waals surface area contributed by atoms with Crippen LogP contribution < -0.4 is 11.1 Å². The summed E-state index contributed by atoms with van der Waals surface area (Å²) < 4.78 is 0. The van der Waals surface area contributed by atoms with Crippen molar-refractivity contribution in [3.05, 3.63) is 11.6 Å². The van der Waals surface area contributed by atoms with E-state index >= 15 is 0 Å². The fraction of sp³-hybridized carbons (Fsp3) is 0.700. The maximum Gasteiger partial charge on any atom is 0.223 e. The molecule has 15 heavy (non-hydrogen) atoms. The maximum absolute atomic E-state index is 11.6. The fourth-order valence-electron chi connectivity index (χ4n) is 1.79. The summed E-state index contributed by atoms with van der Waals surface area (Å²) in [5.74, 6) is 0.122. The zero-order chi connectivity index (χ0) is 10.6. The lowest BCUT2D eigenvalue weighted by atomic mass is 9.85. The lowest BCUT2D eigenvalue weighted by molar-refractivity contribution is -0.125. The van der Waals surface area contributed by atoms with Crippen molar-refractivity contribution in [3.63, 3.8) is 0 Å². The van der Waals surface area contributed by atoms with Crippen LogP contribution in [0.1, 0.15) is 25.7 Å². The van der Waals surface area contributed by atoms with Gasteiger partial charge in [-0.25, -0.2) is 0 Å². The molecule has 0 aliphatic heterocycles. The minimum atomic E-state index is 0. The van der Waals surface area contributed by atoms with Crippen molar-refractivity contribution >= 4 is 29.9 Å². The quantitative estimate of drug-likeness (QED) is 0.805. The Kier molecular flexibility index (Phi) is 6.98. The van der Waals surface area contributed by atoms with Crippen molar-refractivity contribution in [1.29, 1.82) is 0 Å². The summed E-state index contributed by atoms with van der Waals surface area (Å²) in [5.41, 5.74) is 5.80. The Morgan fingerprint density at radius 2 is 2.20 bits per heavy atom. The molecule has 3 N–H and O–H groups in total. The van der Waals surface area contributed by atoms with Crippen molar-refractivity contribution in [1.82, 2.24) is 5.32 Å². The molecular formula is C10H18Cl2N2O. The number of hydrogen-bond donors (Lipinski definition) is 2. The van der Waals surface area contributed by atoms with Gasteiger partial charge in [0.05, 0.1) is 6.54 Å². The number of amides is 1. The van der Waals surface area contributed by atoms with Gasteiger partial charge in [-0.15, -0.1) is 12.4 Å². The van der Waals surface area contributed by atoms with Gasteiger partial charge < -0.3 is 11.1 Å². The topological polar surface area (TPSA) is 55.1 Å². The smallest absolute Gasteiger partial charge is 0.223 e. The first-order valence-corrected chi connectivity index (χ1v) is 5.34. The SMILES string of the molecule is C=C(Cl)CNC(=O)C1CCCC(N)C1.Cl. The Balaban J connectivity index is 0.00000196. The number of rotatable bonds is 3. The van der Waals surface area contributed by atoms with E-state index in [1.807, 2.05) is 0 Å². The molecule has 3 nitrogen and oxygen atoms in total. The van der Waals surface area contributed by atoms with Crippen LogP contribution in [0.3, 0.4) is 0 Å². The Morgan fingerprint density at radius 3 is 2.73 bits per heavy atom. The van der Waals surface area contributed by atoms with Crippen LogP contribution >= 0.6 is 24.0 Å². The third-order valence-electron chi connectivity index (χ3n) is 2.54. The third-order valence-corrected chi connectivity index (χ3v) is 2.67. The van der Waals surface area contributed by atoms with Crippen LogP contribution in [-0.4, -0.2) is 18.5 Å². The van der Waals surface area contributed by atoms with Crippen LogP contribution in [0.5, 0.6) is 0 Å². The van der Waals surface area contributed by atoms with Crippen LogP contribution in [0.2, 0.25) is 0 Å². The van der Waals surface area contributed by atoms with Crippen LogP contribution in [0.25, 0.3) is 0 Å². The first-order chi connectivity index (χ1) is 6.59. The van der Waals surface area contributed by atoms with Gasteiger partial charge in [0.1, 0.15) is 0 Å². The highest BCUT2D eigenvalue weighted by molar-refractivity contribution is 6.29. The Hall–Kier alpha value is -0.250. The van der Waals surface area contributed by atoms with Crippen molar-refractivity contribution in [2.75, 3.05) is 6.54 Å². The average Bonchev–Trinajstić information content (AvgIpc) is 2.14. The first-order valence-electron chi connectivity index (χ1n) is 4.96. The van der Waals surface area contributed by atoms with Crippen molar-refractivity contribution < 1.29 is 4.79 Å². The second-order valence-electron chi connectivity index (χ2n) is 3.86.